The molecule has 1 atom stereocenters. The number of likely N-dealkylation sites (tertiary alicyclic amines) is 1. The number of aliphatic hydroxyl groups is 1. The van der Waals surface area contributed by atoms with Crippen LogP contribution in [0.25, 0.3) is 22.3 Å². The van der Waals surface area contributed by atoms with Crippen molar-refractivity contribution in [3.05, 3.63) is 63.5 Å². The van der Waals surface area contributed by atoms with Gasteiger partial charge in [-0.2, -0.15) is 10.2 Å². The maximum Gasteiger partial charge on any atom is 0.282 e. The molecule has 2 aliphatic rings. The van der Waals surface area contributed by atoms with Crippen molar-refractivity contribution < 1.29 is 9.90 Å². The van der Waals surface area contributed by atoms with Crippen LogP contribution in [0.15, 0.2) is 35.4 Å². The number of aromatic nitrogens is 6. The summed E-state index contributed by atoms with van der Waals surface area (Å²) in [5.74, 6) is 0.617. The number of carbonyl (C=O) groups is 1. The van der Waals surface area contributed by atoms with Crippen LogP contribution in [0.1, 0.15) is 124 Å². The largest absolute Gasteiger partial charge is 0.388 e. The second-order valence-electron chi connectivity index (χ2n) is 14.7. The van der Waals surface area contributed by atoms with Crippen LogP contribution in [0.2, 0.25) is 0 Å². The zero-order valence-electron chi connectivity index (χ0n) is 30.6. The fraction of sp³-hybridized carbons (Fsp3) is 0.615. The van der Waals surface area contributed by atoms with Gasteiger partial charge in [-0.1, -0.05) is 76.8 Å². The number of piperidine rings is 1. The predicted octanol–water partition coefficient (Wildman–Crippen LogP) is 5.87. The molecule has 1 aliphatic heterocycles. The smallest absolute Gasteiger partial charge is 0.282 e. The number of hydrogen-bond acceptors (Lipinski definition) is 7. The molecular weight excluding hydrogens is 628 g/mol. The van der Waals surface area contributed by atoms with E-state index in [-0.39, 0.29) is 18.0 Å². The molecule has 270 valence electrons. The number of hydrogen-bond donors (Lipinski definition) is 2. The number of fused-ring (bicyclic) bond motifs is 2. The van der Waals surface area contributed by atoms with Gasteiger partial charge in [0.2, 0.25) is 0 Å². The maximum absolute atomic E-state index is 14.3. The summed E-state index contributed by atoms with van der Waals surface area (Å²) < 4.78 is 5.09. The van der Waals surface area contributed by atoms with Gasteiger partial charge in [0.15, 0.2) is 5.52 Å². The van der Waals surface area contributed by atoms with Gasteiger partial charge >= 0.3 is 0 Å². The Balaban J connectivity index is 1.23. The van der Waals surface area contributed by atoms with Crippen molar-refractivity contribution in [2.24, 2.45) is 14.1 Å². The quantitative estimate of drug-likeness (QED) is 0.142. The summed E-state index contributed by atoms with van der Waals surface area (Å²) in [6, 6.07) is 6.93. The number of benzene rings is 1. The molecule has 4 aromatic rings. The summed E-state index contributed by atoms with van der Waals surface area (Å²) in [5, 5.41) is 24.1. The van der Waals surface area contributed by atoms with Crippen molar-refractivity contribution in [2.75, 3.05) is 20.1 Å². The minimum absolute atomic E-state index is 0.0869. The van der Waals surface area contributed by atoms with Crippen molar-refractivity contribution >= 4 is 16.9 Å². The van der Waals surface area contributed by atoms with Crippen LogP contribution in [-0.4, -0.2) is 70.8 Å². The van der Waals surface area contributed by atoms with E-state index >= 15 is 0 Å². The fourth-order valence-corrected chi connectivity index (χ4v) is 8.00. The highest BCUT2D eigenvalue weighted by atomic mass is 16.3. The average Bonchev–Trinajstić information content (AvgIpc) is 3.83. The molecule has 2 N–H and O–H groups in total. The lowest BCUT2D eigenvalue weighted by Gasteiger charge is -2.38. The number of amides is 1. The Kier molecular flexibility index (Phi) is 11.5. The Hall–Kier alpha value is -3.83. The topological polar surface area (TPSA) is 123 Å². The van der Waals surface area contributed by atoms with Crippen LogP contribution in [-0.2, 0) is 33.5 Å². The molecule has 0 spiro atoms. The molecule has 1 fully saturated rings. The van der Waals surface area contributed by atoms with E-state index in [1.807, 2.05) is 14.1 Å². The molecule has 3 aromatic heterocycles. The van der Waals surface area contributed by atoms with E-state index < -0.39 is 5.60 Å². The van der Waals surface area contributed by atoms with E-state index in [1.165, 1.54) is 62.5 Å². The van der Waals surface area contributed by atoms with E-state index in [1.54, 1.807) is 38.3 Å². The van der Waals surface area contributed by atoms with Crippen molar-refractivity contribution in [1.29, 1.82) is 0 Å². The Labute approximate surface area is 296 Å². The number of rotatable bonds is 16. The first-order valence-electron chi connectivity index (χ1n) is 19.0. The van der Waals surface area contributed by atoms with Gasteiger partial charge in [-0.15, -0.1) is 0 Å². The first-order chi connectivity index (χ1) is 24.2. The van der Waals surface area contributed by atoms with E-state index in [4.69, 9.17) is 10.1 Å². The van der Waals surface area contributed by atoms with Crippen molar-refractivity contribution in [3.8, 4) is 11.3 Å². The third kappa shape index (κ3) is 7.89. The molecule has 11 heteroatoms. The normalized spacial score (nSPS) is 17.1. The van der Waals surface area contributed by atoms with Crippen LogP contribution < -0.4 is 10.9 Å². The monoisotopic (exact) mass is 684 g/mol. The average molecular weight is 685 g/mol. The third-order valence-electron chi connectivity index (χ3n) is 11.0. The lowest BCUT2D eigenvalue weighted by molar-refractivity contribution is -0.0305. The number of unbranched alkanes of at least 4 members (excludes halogenated alkanes) is 9. The summed E-state index contributed by atoms with van der Waals surface area (Å²) in [6.45, 7) is 3.20. The van der Waals surface area contributed by atoms with Crippen LogP contribution in [0.3, 0.4) is 0 Å². The molecule has 0 bridgehead atoms. The Morgan fingerprint density at radius 2 is 1.70 bits per heavy atom. The summed E-state index contributed by atoms with van der Waals surface area (Å²) in [4.78, 5) is 34.4. The van der Waals surface area contributed by atoms with Crippen LogP contribution in [0, 0.1) is 0 Å². The second kappa shape index (κ2) is 16.0. The lowest BCUT2D eigenvalue weighted by Crippen LogP contribution is -2.50. The molecule has 4 heterocycles. The second-order valence-corrected chi connectivity index (χ2v) is 14.7. The number of carbonyl (C=O) groups excluding carboxylic acids is 1. The minimum atomic E-state index is -1.14. The van der Waals surface area contributed by atoms with E-state index in [0.29, 0.717) is 60.8 Å². The molecule has 1 amide bonds. The first kappa shape index (κ1) is 36.0. The van der Waals surface area contributed by atoms with Gasteiger partial charge in [0.05, 0.1) is 29.6 Å². The molecule has 1 unspecified atom stereocenters. The zero-order chi connectivity index (χ0) is 35.3. The molecule has 1 saturated heterocycles. The molecule has 0 radical (unpaired) electrons. The van der Waals surface area contributed by atoms with Crippen LogP contribution in [0.4, 0.5) is 0 Å². The third-order valence-corrected chi connectivity index (χ3v) is 11.0. The van der Waals surface area contributed by atoms with Crippen LogP contribution in [0.5, 0.6) is 0 Å². The molecule has 1 aromatic carbocycles. The molecule has 0 saturated carbocycles. The molecule has 6 rings (SSSR count). The number of nitrogens with one attached hydrogen (secondary N) is 1. The van der Waals surface area contributed by atoms with Gasteiger partial charge in [-0.3, -0.25) is 23.5 Å². The summed E-state index contributed by atoms with van der Waals surface area (Å²) in [6.07, 6.45) is 19.1. The standard InChI is InChI=1S/C39H56N8O3/c1-5-6-7-8-9-10-11-12-13-14-15-33-42-34-35(43-45(4)36(34)29-16-18-31-28(24-29)17-19-32(31)40-2)38(49)47(33)27-39(50)20-22-46(23-21-39)37(48)30-25-41-44(3)26-30/h16,18,24-26,32,40,50H,5-15,17,19-23,27H2,1-4H3. The van der Waals surface area contributed by atoms with Crippen molar-refractivity contribution in [1.82, 2.24) is 39.3 Å². The van der Waals surface area contributed by atoms with Gasteiger partial charge in [-0.25, -0.2) is 4.98 Å². The van der Waals surface area contributed by atoms with Crippen molar-refractivity contribution in [3.63, 3.8) is 0 Å². The van der Waals surface area contributed by atoms with E-state index in [2.05, 4.69) is 35.5 Å². The summed E-state index contributed by atoms with van der Waals surface area (Å²) >= 11 is 0. The maximum atomic E-state index is 14.3. The highest BCUT2D eigenvalue weighted by molar-refractivity contribution is 5.93. The van der Waals surface area contributed by atoms with Gasteiger partial charge in [0.1, 0.15) is 11.3 Å². The first-order valence-corrected chi connectivity index (χ1v) is 19.0. The highest BCUT2D eigenvalue weighted by Gasteiger charge is 2.36. The zero-order valence-corrected chi connectivity index (χ0v) is 30.6. The Morgan fingerprint density at radius 3 is 2.36 bits per heavy atom. The van der Waals surface area contributed by atoms with Gasteiger partial charge in [-0.05, 0) is 56.3 Å². The fourth-order valence-electron chi connectivity index (χ4n) is 8.00. The molecular formula is C39H56N8O3. The van der Waals surface area contributed by atoms with Gasteiger partial charge < -0.3 is 15.3 Å². The van der Waals surface area contributed by atoms with Crippen LogP contribution >= 0.6 is 0 Å². The molecule has 1 aliphatic carbocycles. The Morgan fingerprint density at radius 1 is 1.00 bits per heavy atom. The highest BCUT2D eigenvalue weighted by Crippen LogP contribution is 2.35. The predicted molar refractivity (Wildman–Crippen MR) is 197 cm³/mol. The van der Waals surface area contributed by atoms with Gasteiger partial charge in [0, 0.05) is 51.4 Å². The SMILES string of the molecule is CCCCCCCCCCCCc1nc2c(-c3ccc4c(c3)CCC4NC)n(C)nc2c(=O)n1CC1(O)CCN(C(=O)c2cnn(C)c2)CC1. The van der Waals surface area contributed by atoms with Crippen molar-refractivity contribution in [2.45, 2.75) is 121 Å². The minimum Gasteiger partial charge on any atom is -0.388 e. The lowest BCUT2D eigenvalue weighted by atomic mass is 9.90. The van der Waals surface area contributed by atoms with E-state index in [9.17, 15) is 14.7 Å². The number of nitrogens with zero attached hydrogens (tertiary/aromatic N) is 7. The Bertz CT molecular complexity index is 1830. The number of aryl methyl sites for hydroxylation is 4. The summed E-state index contributed by atoms with van der Waals surface area (Å²) in [5.41, 5.74) is 4.68. The molecule has 50 heavy (non-hydrogen) atoms. The van der Waals surface area contributed by atoms with Gasteiger partial charge in [0.25, 0.3) is 11.5 Å². The summed E-state index contributed by atoms with van der Waals surface area (Å²) in [7, 11) is 5.68. The van der Waals surface area contributed by atoms with E-state index in [0.717, 1.165) is 36.9 Å². The molecule has 11 nitrogen and oxygen atoms in total.